The van der Waals surface area contributed by atoms with Gasteiger partial charge in [-0.3, -0.25) is 19.9 Å². The number of rotatable bonds is 3. The second-order valence-corrected chi connectivity index (χ2v) is 4.75. The van der Waals surface area contributed by atoms with Crippen LogP contribution in [0.3, 0.4) is 0 Å². The third-order valence-electron chi connectivity index (χ3n) is 3.10. The number of ether oxygens (including phenoxy) is 1. The number of hydrogen-bond donors (Lipinski definition) is 2. The van der Waals surface area contributed by atoms with E-state index in [1.807, 2.05) is 12.1 Å². The van der Waals surface area contributed by atoms with Gasteiger partial charge in [0.2, 0.25) is 11.9 Å². The molecule has 0 saturated heterocycles. The molecule has 0 saturated carbocycles. The Kier molecular flexibility index (Phi) is 3.71. The van der Waals surface area contributed by atoms with Crippen LogP contribution in [-0.2, 0) is 4.79 Å². The summed E-state index contributed by atoms with van der Waals surface area (Å²) in [5.74, 6) is 0.429. The maximum atomic E-state index is 12.1. The number of hydrogen-bond acceptors (Lipinski definition) is 6. The van der Waals surface area contributed by atoms with Crippen LogP contribution < -0.4 is 15.6 Å². The molecule has 0 spiro atoms. The van der Waals surface area contributed by atoms with Gasteiger partial charge < -0.3 is 4.74 Å². The maximum absolute atomic E-state index is 12.1. The zero-order valence-corrected chi connectivity index (χ0v) is 12.5. The second-order valence-electron chi connectivity index (χ2n) is 4.75. The number of nitrogens with one attached hydrogen (secondary N) is 2. The molecule has 1 amide bonds. The minimum absolute atomic E-state index is 0.0431. The van der Waals surface area contributed by atoms with Crippen molar-refractivity contribution in [3.8, 4) is 17.0 Å². The van der Waals surface area contributed by atoms with E-state index >= 15 is 0 Å². The topological polar surface area (TPSA) is 110 Å². The van der Waals surface area contributed by atoms with E-state index in [0.717, 1.165) is 11.3 Å². The van der Waals surface area contributed by atoms with Gasteiger partial charge in [0.25, 0.3) is 5.56 Å². The van der Waals surface area contributed by atoms with Gasteiger partial charge in [-0.25, -0.2) is 9.97 Å². The van der Waals surface area contributed by atoms with Crippen LogP contribution in [0.25, 0.3) is 22.4 Å². The fourth-order valence-electron chi connectivity index (χ4n) is 2.04. The second kappa shape index (κ2) is 5.84. The van der Waals surface area contributed by atoms with E-state index in [-0.39, 0.29) is 23.0 Å². The van der Waals surface area contributed by atoms with Crippen molar-refractivity contribution >= 4 is 23.0 Å². The number of nitrogens with zero attached hydrogens (tertiary/aromatic N) is 3. The van der Waals surface area contributed by atoms with Gasteiger partial charge >= 0.3 is 0 Å². The molecule has 116 valence electrons. The number of aromatic nitrogens is 4. The van der Waals surface area contributed by atoms with Crippen molar-refractivity contribution in [3.63, 3.8) is 0 Å². The molecule has 2 aromatic heterocycles. The van der Waals surface area contributed by atoms with Gasteiger partial charge in [-0.1, -0.05) is 0 Å². The standard InChI is InChI=1S/C15H13N5O3/c1-8(21)17-15-19-13-12(14(22)20-15)18-11(7-16-13)9-3-5-10(23-2)6-4-9/h3-7H,1-2H3,(H2,16,17,19,20,21,22). The van der Waals surface area contributed by atoms with Gasteiger partial charge in [0.15, 0.2) is 11.2 Å². The van der Waals surface area contributed by atoms with E-state index in [2.05, 4.69) is 25.3 Å². The number of methoxy groups -OCH3 is 1. The van der Waals surface area contributed by atoms with Gasteiger partial charge in [0.1, 0.15) is 5.75 Å². The number of fused-ring (bicyclic) bond motifs is 1. The summed E-state index contributed by atoms with van der Waals surface area (Å²) in [6.45, 7) is 1.32. The fourth-order valence-corrected chi connectivity index (χ4v) is 2.04. The minimum atomic E-state index is -0.471. The highest BCUT2D eigenvalue weighted by atomic mass is 16.5. The first kappa shape index (κ1) is 14.6. The zero-order valence-electron chi connectivity index (χ0n) is 12.5. The van der Waals surface area contributed by atoms with Crippen LogP contribution in [0, 0.1) is 0 Å². The van der Waals surface area contributed by atoms with E-state index in [9.17, 15) is 9.59 Å². The Hall–Kier alpha value is -3.29. The van der Waals surface area contributed by atoms with E-state index in [0.29, 0.717) is 5.69 Å². The normalized spacial score (nSPS) is 10.5. The lowest BCUT2D eigenvalue weighted by molar-refractivity contribution is -0.114. The molecule has 0 bridgehead atoms. The number of amides is 1. The summed E-state index contributed by atoms with van der Waals surface area (Å²) in [7, 11) is 1.59. The van der Waals surface area contributed by atoms with Crippen LogP contribution in [0.4, 0.5) is 5.95 Å². The summed E-state index contributed by atoms with van der Waals surface area (Å²) in [6, 6.07) is 7.23. The van der Waals surface area contributed by atoms with Gasteiger partial charge in [-0.2, -0.15) is 4.98 Å². The number of carbonyl (C=O) groups excluding carboxylic acids is 1. The lowest BCUT2D eigenvalue weighted by atomic mass is 10.1. The molecule has 8 heteroatoms. The highest BCUT2D eigenvalue weighted by molar-refractivity contribution is 5.87. The molecule has 3 rings (SSSR count). The summed E-state index contributed by atoms with van der Waals surface area (Å²) in [4.78, 5) is 38.1. The van der Waals surface area contributed by atoms with Crippen molar-refractivity contribution in [2.24, 2.45) is 0 Å². The van der Waals surface area contributed by atoms with Crippen LogP contribution in [0.2, 0.25) is 0 Å². The predicted octanol–water partition coefficient (Wildman–Crippen LogP) is 1.35. The quantitative estimate of drug-likeness (QED) is 0.755. The smallest absolute Gasteiger partial charge is 0.280 e. The lowest BCUT2D eigenvalue weighted by Crippen LogP contribution is -2.17. The highest BCUT2D eigenvalue weighted by Gasteiger charge is 2.10. The molecule has 0 fully saturated rings. The number of carbonyl (C=O) groups is 1. The zero-order chi connectivity index (χ0) is 16.4. The van der Waals surface area contributed by atoms with Crippen LogP contribution in [0.15, 0.2) is 35.3 Å². The SMILES string of the molecule is COc1ccc(-c2cnc3nc(NC(C)=O)[nH]c(=O)c3n2)cc1. The molecule has 3 aromatic rings. The number of H-pyrrole nitrogens is 1. The summed E-state index contributed by atoms with van der Waals surface area (Å²) < 4.78 is 5.10. The average molecular weight is 311 g/mol. The number of aromatic amines is 1. The number of anilines is 1. The molecule has 0 aliphatic rings. The summed E-state index contributed by atoms with van der Waals surface area (Å²) in [6.07, 6.45) is 1.52. The molecule has 2 N–H and O–H groups in total. The summed E-state index contributed by atoms with van der Waals surface area (Å²) in [5.41, 5.74) is 1.13. The first-order valence-electron chi connectivity index (χ1n) is 6.76. The van der Waals surface area contributed by atoms with Crippen LogP contribution in [-0.4, -0.2) is 33.0 Å². The van der Waals surface area contributed by atoms with Gasteiger partial charge in [0, 0.05) is 12.5 Å². The van der Waals surface area contributed by atoms with Crippen molar-refractivity contribution in [1.29, 1.82) is 0 Å². The summed E-state index contributed by atoms with van der Waals surface area (Å²) in [5, 5.41) is 2.41. The monoisotopic (exact) mass is 311 g/mol. The van der Waals surface area contributed by atoms with Crippen molar-refractivity contribution in [3.05, 3.63) is 40.8 Å². The molecule has 23 heavy (non-hydrogen) atoms. The van der Waals surface area contributed by atoms with E-state index in [1.165, 1.54) is 13.1 Å². The molecular formula is C15H13N5O3. The van der Waals surface area contributed by atoms with Crippen LogP contribution in [0.1, 0.15) is 6.92 Å². The third kappa shape index (κ3) is 3.00. The van der Waals surface area contributed by atoms with E-state index in [1.54, 1.807) is 19.2 Å². The molecular weight excluding hydrogens is 298 g/mol. The third-order valence-corrected chi connectivity index (χ3v) is 3.10. The Morgan fingerprint density at radius 3 is 2.61 bits per heavy atom. The van der Waals surface area contributed by atoms with E-state index < -0.39 is 5.56 Å². The van der Waals surface area contributed by atoms with Crippen molar-refractivity contribution in [2.75, 3.05) is 12.4 Å². The maximum Gasteiger partial charge on any atom is 0.280 e. The van der Waals surface area contributed by atoms with Gasteiger partial charge in [0.05, 0.1) is 19.0 Å². The fraction of sp³-hybridized carbons (Fsp3) is 0.133. The predicted molar refractivity (Wildman–Crippen MR) is 84.2 cm³/mol. The Morgan fingerprint density at radius 2 is 1.96 bits per heavy atom. The molecule has 2 heterocycles. The van der Waals surface area contributed by atoms with Gasteiger partial charge in [-0.15, -0.1) is 0 Å². The first-order valence-corrected chi connectivity index (χ1v) is 6.76. The van der Waals surface area contributed by atoms with Crippen LogP contribution >= 0.6 is 0 Å². The van der Waals surface area contributed by atoms with Gasteiger partial charge in [-0.05, 0) is 24.3 Å². The molecule has 0 atom stereocenters. The van der Waals surface area contributed by atoms with Crippen molar-refractivity contribution in [1.82, 2.24) is 19.9 Å². The number of benzene rings is 1. The average Bonchev–Trinajstić information content (AvgIpc) is 2.54. The summed E-state index contributed by atoms with van der Waals surface area (Å²) >= 11 is 0. The Morgan fingerprint density at radius 1 is 1.22 bits per heavy atom. The van der Waals surface area contributed by atoms with Crippen LogP contribution in [0.5, 0.6) is 5.75 Å². The lowest BCUT2D eigenvalue weighted by Gasteiger charge is -2.05. The Labute approximate surface area is 130 Å². The Balaban J connectivity index is 2.06. The molecule has 0 aliphatic carbocycles. The van der Waals surface area contributed by atoms with E-state index in [4.69, 9.17) is 4.74 Å². The van der Waals surface area contributed by atoms with Crippen molar-refractivity contribution in [2.45, 2.75) is 6.92 Å². The molecule has 0 radical (unpaired) electrons. The largest absolute Gasteiger partial charge is 0.497 e. The first-order chi connectivity index (χ1) is 11.1. The highest BCUT2D eigenvalue weighted by Crippen LogP contribution is 2.20. The van der Waals surface area contributed by atoms with Crippen molar-refractivity contribution < 1.29 is 9.53 Å². The minimum Gasteiger partial charge on any atom is -0.497 e. The molecule has 1 aromatic carbocycles. The molecule has 0 aliphatic heterocycles. The Bertz CT molecular complexity index is 934. The molecule has 8 nitrogen and oxygen atoms in total. The molecule has 0 unspecified atom stereocenters.